The summed E-state index contributed by atoms with van der Waals surface area (Å²) in [7, 11) is 0. The zero-order valence-electron chi connectivity index (χ0n) is 14.3. The van der Waals surface area contributed by atoms with Crippen molar-refractivity contribution in [3.05, 3.63) is 0 Å². The second-order valence-electron chi connectivity index (χ2n) is 7.78. The van der Waals surface area contributed by atoms with Crippen molar-refractivity contribution in [3.63, 3.8) is 0 Å². The van der Waals surface area contributed by atoms with Gasteiger partial charge in [-0.2, -0.15) is 0 Å². The fraction of sp³-hybridized carbons (Fsp3) is 1.00. The van der Waals surface area contributed by atoms with Crippen LogP contribution in [0.4, 0.5) is 0 Å². The van der Waals surface area contributed by atoms with E-state index in [1.54, 1.807) is 0 Å². The Morgan fingerprint density at radius 3 is 1.60 bits per heavy atom. The van der Waals surface area contributed by atoms with Crippen LogP contribution in [0.15, 0.2) is 0 Å². The van der Waals surface area contributed by atoms with Crippen LogP contribution in [0.2, 0.25) is 0 Å². The zero-order valence-corrected chi connectivity index (χ0v) is 14.3. The van der Waals surface area contributed by atoms with E-state index < -0.39 is 0 Å². The summed E-state index contributed by atoms with van der Waals surface area (Å²) >= 11 is 0. The molecule has 2 atom stereocenters. The van der Waals surface area contributed by atoms with Gasteiger partial charge in [0.1, 0.15) is 0 Å². The van der Waals surface area contributed by atoms with Gasteiger partial charge in [0.25, 0.3) is 0 Å². The molecule has 3 rings (SSSR count). The standard InChI is InChI=1S/C10H19N.C8H17N/c1-8(2)11-6-9-3-4-10(5-9)7-11;1-8(2)9-6-4-3-5-7-9/h8-10H,3-7H2,1-2H3;8H,3-7H2,1-2H3. The molecule has 0 aromatic rings. The smallest absolute Gasteiger partial charge is 0.00388 e. The highest BCUT2D eigenvalue weighted by Crippen LogP contribution is 2.36. The summed E-state index contributed by atoms with van der Waals surface area (Å²) in [6.07, 6.45) is 8.82. The molecule has 2 aliphatic heterocycles. The number of fused-ring (bicyclic) bond motifs is 2. The van der Waals surface area contributed by atoms with Gasteiger partial charge in [-0.1, -0.05) is 6.42 Å². The molecule has 3 aliphatic rings. The third-order valence-electron chi connectivity index (χ3n) is 5.49. The lowest BCUT2D eigenvalue weighted by molar-refractivity contribution is 0.133. The Labute approximate surface area is 126 Å². The van der Waals surface area contributed by atoms with E-state index in [-0.39, 0.29) is 0 Å². The quantitative estimate of drug-likeness (QED) is 0.754. The van der Waals surface area contributed by atoms with Crippen molar-refractivity contribution in [3.8, 4) is 0 Å². The van der Waals surface area contributed by atoms with E-state index in [1.807, 2.05) is 0 Å². The average Bonchev–Trinajstić information content (AvgIpc) is 2.79. The van der Waals surface area contributed by atoms with Crippen LogP contribution in [0.25, 0.3) is 0 Å². The van der Waals surface area contributed by atoms with E-state index in [0.717, 1.165) is 23.9 Å². The van der Waals surface area contributed by atoms with Crippen molar-refractivity contribution < 1.29 is 0 Å². The molecule has 0 spiro atoms. The molecule has 3 fully saturated rings. The molecule has 0 aromatic heterocycles. The van der Waals surface area contributed by atoms with Crippen LogP contribution in [0, 0.1) is 11.8 Å². The third-order valence-corrected chi connectivity index (χ3v) is 5.49. The molecule has 1 aliphatic carbocycles. The lowest BCUT2D eigenvalue weighted by Gasteiger charge is -2.34. The molecule has 0 amide bonds. The molecule has 0 aromatic carbocycles. The number of hydrogen-bond donors (Lipinski definition) is 0. The number of piperidine rings is 2. The minimum atomic E-state index is 0.769. The minimum absolute atomic E-state index is 0.769. The van der Waals surface area contributed by atoms with Gasteiger partial charge in [0.15, 0.2) is 0 Å². The van der Waals surface area contributed by atoms with Gasteiger partial charge in [-0.25, -0.2) is 0 Å². The van der Waals surface area contributed by atoms with Crippen LogP contribution in [-0.2, 0) is 0 Å². The van der Waals surface area contributed by atoms with Gasteiger partial charge < -0.3 is 9.80 Å². The first-order valence-electron chi connectivity index (χ1n) is 9.04. The second-order valence-corrected chi connectivity index (χ2v) is 7.78. The van der Waals surface area contributed by atoms with Gasteiger partial charge in [0, 0.05) is 25.2 Å². The Hall–Kier alpha value is -0.0800. The molecule has 2 unspecified atom stereocenters. The van der Waals surface area contributed by atoms with E-state index in [1.165, 1.54) is 64.7 Å². The Balaban J connectivity index is 0.000000151. The lowest BCUT2D eigenvalue weighted by Crippen LogP contribution is -2.40. The number of rotatable bonds is 2. The molecule has 2 bridgehead atoms. The van der Waals surface area contributed by atoms with Crippen LogP contribution < -0.4 is 0 Å². The van der Waals surface area contributed by atoms with Crippen molar-refractivity contribution in [1.29, 1.82) is 0 Å². The largest absolute Gasteiger partial charge is 0.301 e. The fourth-order valence-electron chi connectivity index (χ4n) is 4.10. The van der Waals surface area contributed by atoms with E-state index in [2.05, 4.69) is 37.5 Å². The molecule has 2 heteroatoms. The van der Waals surface area contributed by atoms with Crippen LogP contribution >= 0.6 is 0 Å². The molecule has 1 saturated carbocycles. The molecule has 20 heavy (non-hydrogen) atoms. The predicted molar refractivity (Wildman–Crippen MR) is 88.1 cm³/mol. The fourth-order valence-corrected chi connectivity index (χ4v) is 4.10. The van der Waals surface area contributed by atoms with E-state index in [0.29, 0.717) is 0 Å². The van der Waals surface area contributed by atoms with Crippen molar-refractivity contribution in [2.75, 3.05) is 26.2 Å². The summed E-state index contributed by atoms with van der Waals surface area (Å²) in [5.74, 6) is 2.10. The molecule has 0 radical (unpaired) electrons. The van der Waals surface area contributed by atoms with Gasteiger partial charge in [0.05, 0.1) is 0 Å². The maximum Gasteiger partial charge on any atom is 0.00388 e. The van der Waals surface area contributed by atoms with Crippen LogP contribution in [0.1, 0.15) is 66.2 Å². The Morgan fingerprint density at radius 2 is 1.20 bits per heavy atom. The van der Waals surface area contributed by atoms with E-state index >= 15 is 0 Å². The van der Waals surface area contributed by atoms with Gasteiger partial charge >= 0.3 is 0 Å². The predicted octanol–water partition coefficient (Wildman–Crippen LogP) is 4.01. The molecule has 118 valence electrons. The third kappa shape index (κ3) is 4.73. The van der Waals surface area contributed by atoms with Crippen molar-refractivity contribution >= 4 is 0 Å². The number of hydrogen-bond acceptors (Lipinski definition) is 2. The average molecular weight is 280 g/mol. The first-order chi connectivity index (χ1) is 9.56. The zero-order chi connectivity index (χ0) is 14.5. The summed E-state index contributed by atoms with van der Waals surface area (Å²) < 4.78 is 0. The molecule has 2 nitrogen and oxygen atoms in total. The Bertz CT molecular complexity index is 257. The maximum atomic E-state index is 2.66. The number of likely N-dealkylation sites (tertiary alicyclic amines) is 2. The normalized spacial score (nSPS) is 31.5. The highest BCUT2D eigenvalue weighted by Gasteiger charge is 2.33. The number of nitrogens with zero attached hydrogens (tertiary/aromatic N) is 2. The van der Waals surface area contributed by atoms with Crippen LogP contribution in [-0.4, -0.2) is 48.1 Å². The van der Waals surface area contributed by atoms with Gasteiger partial charge in [-0.15, -0.1) is 0 Å². The molecule has 2 heterocycles. The summed E-state index contributed by atoms with van der Waals surface area (Å²) in [5, 5.41) is 0. The van der Waals surface area contributed by atoms with Crippen molar-refractivity contribution in [2.45, 2.75) is 78.3 Å². The summed E-state index contributed by atoms with van der Waals surface area (Å²) in [6, 6.07) is 1.55. The highest BCUT2D eigenvalue weighted by molar-refractivity contribution is 4.86. The maximum absolute atomic E-state index is 2.66. The summed E-state index contributed by atoms with van der Waals surface area (Å²) in [4.78, 5) is 5.22. The topological polar surface area (TPSA) is 6.48 Å². The molecular formula is C18H36N2. The second kappa shape index (κ2) is 7.79. The SMILES string of the molecule is CC(C)N1CC2CCC(C2)C1.CC(C)N1CCCCC1. The van der Waals surface area contributed by atoms with Crippen molar-refractivity contribution in [1.82, 2.24) is 9.80 Å². The molecule has 2 saturated heterocycles. The highest BCUT2D eigenvalue weighted by atomic mass is 15.2. The Morgan fingerprint density at radius 1 is 0.700 bits per heavy atom. The lowest BCUT2D eigenvalue weighted by atomic mass is 9.98. The van der Waals surface area contributed by atoms with Crippen molar-refractivity contribution in [2.24, 2.45) is 11.8 Å². The Kier molecular flexibility index (Phi) is 6.35. The molecule has 0 N–H and O–H groups in total. The molecular weight excluding hydrogens is 244 g/mol. The van der Waals surface area contributed by atoms with Gasteiger partial charge in [-0.3, -0.25) is 0 Å². The summed E-state index contributed by atoms with van der Waals surface area (Å²) in [6.45, 7) is 14.6. The van der Waals surface area contributed by atoms with E-state index in [4.69, 9.17) is 0 Å². The first-order valence-corrected chi connectivity index (χ1v) is 9.04. The summed E-state index contributed by atoms with van der Waals surface area (Å²) in [5.41, 5.74) is 0. The van der Waals surface area contributed by atoms with E-state index in [9.17, 15) is 0 Å². The minimum Gasteiger partial charge on any atom is -0.301 e. The van der Waals surface area contributed by atoms with Gasteiger partial charge in [-0.05, 0) is 84.7 Å². The first kappa shape index (κ1) is 16.3. The monoisotopic (exact) mass is 280 g/mol. The van der Waals surface area contributed by atoms with Gasteiger partial charge in [0.2, 0.25) is 0 Å². The van der Waals surface area contributed by atoms with Crippen LogP contribution in [0.5, 0.6) is 0 Å². The van der Waals surface area contributed by atoms with Crippen LogP contribution in [0.3, 0.4) is 0 Å².